The van der Waals surface area contributed by atoms with Gasteiger partial charge in [-0.25, -0.2) is 4.79 Å². The highest BCUT2D eigenvalue weighted by Crippen LogP contribution is 2.32. The Bertz CT molecular complexity index is 880. The number of imide groups is 1. The van der Waals surface area contributed by atoms with E-state index in [4.69, 9.17) is 0 Å². The molecule has 6 nitrogen and oxygen atoms in total. The number of hydrogen-bond acceptors (Lipinski definition) is 3. The summed E-state index contributed by atoms with van der Waals surface area (Å²) in [6.07, 6.45) is 3.66. The first kappa shape index (κ1) is 20.6. The van der Waals surface area contributed by atoms with Crippen molar-refractivity contribution in [2.45, 2.75) is 45.1 Å². The number of carbonyl (C=O) groups is 3. The van der Waals surface area contributed by atoms with Gasteiger partial charge in [0.25, 0.3) is 5.91 Å². The van der Waals surface area contributed by atoms with Crippen molar-refractivity contribution in [2.24, 2.45) is 0 Å². The molecular formula is C23H27N3O3. The average Bonchev–Trinajstić information content (AvgIpc) is 2.99. The summed E-state index contributed by atoms with van der Waals surface area (Å²) in [4.78, 5) is 39.0. The third-order valence-corrected chi connectivity index (χ3v) is 5.33. The molecule has 1 saturated heterocycles. The summed E-state index contributed by atoms with van der Waals surface area (Å²) < 4.78 is 0. The molecule has 0 unspecified atom stereocenters. The van der Waals surface area contributed by atoms with E-state index in [9.17, 15) is 14.4 Å². The van der Waals surface area contributed by atoms with E-state index in [1.54, 1.807) is 0 Å². The third kappa shape index (κ3) is 4.31. The lowest BCUT2D eigenvalue weighted by molar-refractivity contribution is -0.134. The predicted molar refractivity (Wildman–Crippen MR) is 112 cm³/mol. The highest BCUT2D eigenvalue weighted by Gasteiger charge is 2.51. The zero-order valence-corrected chi connectivity index (χ0v) is 16.9. The van der Waals surface area contributed by atoms with Crippen molar-refractivity contribution in [1.29, 1.82) is 0 Å². The van der Waals surface area contributed by atoms with E-state index in [0.29, 0.717) is 17.7 Å². The number of benzene rings is 2. The van der Waals surface area contributed by atoms with Gasteiger partial charge in [0, 0.05) is 5.69 Å². The number of anilines is 1. The number of amides is 4. The van der Waals surface area contributed by atoms with Crippen LogP contribution in [0.5, 0.6) is 0 Å². The van der Waals surface area contributed by atoms with Crippen LogP contribution in [0.1, 0.15) is 44.2 Å². The van der Waals surface area contributed by atoms with E-state index in [1.807, 2.05) is 61.5 Å². The minimum Gasteiger partial charge on any atom is -0.325 e. The van der Waals surface area contributed by atoms with Gasteiger partial charge in [0.05, 0.1) is 0 Å². The van der Waals surface area contributed by atoms with Crippen LogP contribution in [0.2, 0.25) is 0 Å². The molecule has 6 heteroatoms. The van der Waals surface area contributed by atoms with Gasteiger partial charge < -0.3 is 10.6 Å². The molecule has 0 bridgehead atoms. The second-order valence-corrected chi connectivity index (χ2v) is 7.30. The molecule has 2 aromatic rings. The van der Waals surface area contributed by atoms with Crippen LogP contribution < -0.4 is 10.6 Å². The van der Waals surface area contributed by atoms with Gasteiger partial charge in [0.15, 0.2) is 0 Å². The van der Waals surface area contributed by atoms with Crippen molar-refractivity contribution in [2.75, 3.05) is 11.9 Å². The molecule has 0 radical (unpaired) electrons. The van der Waals surface area contributed by atoms with Crippen LogP contribution in [0.4, 0.5) is 10.5 Å². The Labute approximate surface area is 171 Å². The Morgan fingerprint density at radius 1 is 1.03 bits per heavy atom. The lowest BCUT2D eigenvalue weighted by atomic mass is 9.87. The number of aryl methyl sites for hydroxylation is 1. The van der Waals surface area contributed by atoms with Crippen LogP contribution in [-0.2, 0) is 21.5 Å². The van der Waals surface area contributed by atoms with Gasteiger partial charge >= 0.3 is 6.03 Å². The smallest absolute Gasteiger partial charge is 0.325 e. The number of unbranched alkanes of at least 4 members (excludes halogenated alkanes) is 1. The topological polar surface area (TPSA) is 78.5 Å². The highest BCUT2D eigenvalue weighted by atomic mass is 16.2. The highest BCUT2D eigenvalue weighted by molar-refractivity contribution is 6.10. The van der Waals surface area contributed by atoms with E-state index in [1.165, 1.54) is 5.56 Å². The summed E-state index contributed by atoms with van der Waals surface area (Å²) in [5.41, 5.74) is 1.45. The van der Waals surface area contributed by atoms with Crippen molar-refractivity contribution in [3.8, 4) is 0 Å². The molecule has 3 rings (SSSR count). The maximum absolute atomic E-state index is 13.1. The van der Waals surface area contributed by atoms with Gasteiger partial charge in [-0.2, -0.15) is 0 Å². The maximum atomic E-state index is 13.1. The summed E-state index contributed by atoms with van der Waals surface area (Å²) in [5.74, 6) is -0.809. The van der Waals surface area contributed by atoms with E-state index in [-0.39, 0.29) is 6.54 Å². The Morgan fingerprint density at radius 3 is 2.34 bits per heavy atom. The van der Waals surface area contributed by atoms with Gasteiger partial charge in [0.2, 0.25) is 5.91 Å². The van der Waals surface area contributed by atoms with E-state index < -0.39 is 23.4 Å². The fourth-order valence-electron chi connectivity index (χ4n) is 3.61. The van der Waals surface area contributed by atoms with Crippen molar-refractivity contribution in [3.63, 3.8) is 0 Å². The summed E-state index contributed by atoms with van der Waals surface area (Å²) >= 11 is 0. The minimum absolute atomic E-state index is 0.323. The molecule has 0 aromatic heterocycles. The van der Waals surface area contributed by atoms with Crippen LogP contribution in [0.3, 0.4) is 0 Å². The Balaban J connectivity index is 1.67. The second-order valence-electron chi connectivity index (χ2n) is 7.30. The van der Waals surface area contributed by atoms with Crippen LogP contribution in [0, 0.1) is 0 Å². The first-order valence-electron chi connectivity index (χ1n) is 10.1. The van der Waals surface area contributed by atoms with Crippen LogP contribution in [0.15, 0.2) is 54.6 Å². The summed E-state index contributed by atoms with van der Waals surface area (Å²) in [6.45, 7) is 3.67. The Hall–Kier alpha value is -3.15. The molecule has 1 aliphatic rings. The van der Waals surface area contributed by atoms with Crippen molar-refractivity contribution < 1.29 is 14.4 Å². The standard InChI is InChI=1S/C23H27N3O3/c1-3-5-9-17-12-14-19(15-13-17)24-20(27)16-26-21(28)23(4-2,25-22(26)29)18-10-7-6-8-11-18/h6-8,10-15H,3-5,9,16H2,1-2H3,(H,24,27)(H,25,29)/t23-/m0/s1. The van der Waals surface area contributed by atoms with Crippen LogP contribution >= 0.6 is 0 Å². The second kappa shape index (κ2) is 8.90. The molecule has 4 amide bonds. The lowest BCUT2D eigenvalue weighted by Gasteiger charge is -2.25. The largest absolute Gasteiger partial charge is 0.325 e. The van der Waals surface area contributed by atoms with Crippen molar-refractivity contribution in [1.82, 2.24) is 10.2 Å². The van der Waals surface area contributed by atoms with Gasteiger partial charge in [-0.15, -0.1) is 0 Å². The normalized spacial score (nSPS) is 18.6. The first-order chi connectivity index (χ1) is 14.0. The lowest BCUT2D eigenvalue weighted by Crippen LogP contribution is -2.44. The van der Waals surface area contributed by atoms with E-state index in [2.05, 4.69) is 17.6 Å². The monoisotopic (exact) mass is 393 g/mol. The molecule has 0 aliphatic carbocycles. The molecule has 152 valence electrons. The molecular weight excluding hydrogens is 366 g/mol. The number of nitrogens with zero attached hydrogens (tertiary/aromatic N) is 1. The quantitative estimate of drug-likeness (QED) is 0.669. The van der Waals surface area contributed by atoms with Gasteiger partial charge in [-0.3, -0.25) is 14.5 Å². The minimum atomic E-state index is -1.13. The van der Waals surface area contributed by atoms with E-state index in [0.717, 1.165) is 24.2 Å². The predicted octanol–water partition coefficient (Wildman–Crippen LogP) is 3.83. The van der Waals surface area contributed by atoms with E-state index >= 15 is 0 Å². The summed E-state index contributed by atoms with van der Waals surface area (Å²) in [7, 11) is 0. The Morgan fingerprint density at radius 2 is 1.72 bits per heavy atom. The van der Waals surface area contributed by atoms with Crippen molar-refractivity contribution in [3.05, 3.63) is 65.7 Å². The number of hydrogen-bond donors (Lipinski definition) is 2. The fraction of sp³-hybridized carbons (Fsp3) is 0.348. The Kier molecular flexibility index (Phi) is 6.32. The SMILES string of the molecule is CCCCc1ccc(NC(=O)CN2C(=O)N[C@@](CC)(c3ccccc3)C2=O)cc1. The van der Waals surface area contributed by atoms with Gasteiger partial charge in [-0.05, 0) is 42.5 Å². The van der Waals surface area contributed by atoms with Gasteiger partial charge in [0.1, 0.15) is 12.1 Å². The summed E-state index contributed by atoms with van der Waals surface area (Å²) in [5, 5.41) is 5.55. The molecule has 1 atom stereocenters. The van der Waals surface area contributed by atoms with Crippen LogP contribution in [-0.4, -0.2) is 29.3 Å². The third-order valence-electron chi connectivity index (χ3n) is 5.33. The molecule has 0 saturated carbocycles. The zero-order chi connectivity index (χ0) is 20.9. The number of nitrogens with one attached hydrogen (secondary N) is 2. The molecule has 29 heavy (non-hydrogen) atoms. The van der Waals surface area contributed by atoms with Gasteiger partial charge in [-0.1, -0.05) is 62.7 Å². The fourth-order valence-corrected chi connectivity index (χ4v) is 3.61. The molecule has 2 aromatic carbocycles. The van der Waals surface area contributed by atoms with Crippen molar-refractivity contribution >= 4 is 23.5 Å². The molecule has 2 N–H and O–H groups in total. The number of rotatable bonds is 8. The average molecular weight is 393 g/mol. The molecule has 1 aliphatic heterocycles. The number of urea groups is 1. The first-order valence-corrected chi connectivity index (χ1v) is 10.1. The summed E-state index contributed by atoms with van der Waals surface area (Å²) in [6, 6.07) is 16.2. The number of carbonyl (C=O) groups excluding carboxylic acids is 3. The maximum Gasteiger partial charge on any atom is 0.325 e. The van der Waals surface area contributed by atoms with Crippen LogP contribution in [0.25, 0.3) is 0 Å². The molecule has 1 heterocycles. The molecule has 1 fully saturated rings. The zero-order valence-electron chi connectivity index (χ0n) is 16.9. The molecule has 0 spiro atoms.